The molecule has 2 aromatic heterocycles. The smallest absolute Gasteiger partial charge is 0.238 e. The number of aromatic nitrogens is 2. The van der Waals surface area contributed by atoms with Gasteiger partial charge in [-0.2, -0.15) is 4.98 Å². The summed E-state index contributed by atoms with van der Waals surface area (Å²) in [5.41, 5.74) is 0. The normalized spacial score (nSPS) is 15.8. The molecule has 0 radical (unpaired) electrons. The monoisotopic (exact) mass is 261 g/mol. The van der Waals surface area contributed by atoms with Crippen molar-refractivity contribution in [2.24, 2.45) is 5.92 Å². The van der Waals surface area contributed by atoms with E-state index >= 15 is 0 Å². The van der Waals surface area contributed by atoms with Gasteiger partial charge >= 0.3 is 0 Å². The fraction of sp³-hybridized carbons (Fsp3) is 0.462. The number of likely N-dealkylation sites (tertiary alicyclic amines) is 1. The lowest BCUT2D eigenvalue weighted by Gasteiger charge is -2.38. The van der Waals surface area contributed by atoms with Crippen LogP contribution in [0.4, 0.5) is 0 Å². The first-order chi connectivity index (χ1) is 9.15. The van der Waals surface area contributed by atoms with Crippen LogP contribution in [-0.4, -0.2) is 34.0 Å². The molecule has 6 heteroatoms. The maximum Gasteiger partial charge on any atom is 0.238 e. The summed E-state index contributed by atoms with van der Waals surface area (Å²) in [5.74, 6) is 1.94. The third-order valence-corrected chi connectivity index (χ3v) is 3.22. The minimum Gasteiger partial charge on any atom is -0.461 e. The molecule has 1 fully saturated rings. The van der Waals surface area contributed by atoms with Crippen molar-refractivity contribution in [3.8, 4) is 11.6 Å². The molecule has 0 N–H and O–H groups in total. The molecule has 2 aromatic rings. The third-order valence-electron chi connectivity index (χ3n) is 3.22. The number of furan rings is 1. The zero-order chi connectivity index (χ0) is 13.4. The number of hydrogen-bond acceptors (Lipinski definition) is 5. The van der Waals surface area contributed by atoms with Crippen molar-refractivity contribution in [3.63, 3.8) is 0 Å². The molecule has 6 nitrogen and oxygen atoms in total. The maximum absolute atomic E-state index is 11.7. The van der Waals surface area contributed by atoms with Gasteiger partial charge in [0.1, 0.15) is 0 Å². The molecule has 19 heavy (non-hydrogen) atoms. The first kappa shape index (κ1) is 12.0. The van der Waals surface area contributed by atoms with Crippen LogP contribution in [0, 0.1) is 5.92 Å². The highest BCUT2D eigenvalue weighted by Crippen LogP contribution is 2.28. The lowest BCUT2D eigenvalue weighted by molar-refractivity contribution is -0.139. The lowest BCUT2D eigenvalue weighted by atomic mass is 9.98. The molecule has 0 saturated carbocycles. The molecule has 3 rings (SSSR count). The van der Waals surface area contributed by atoms with E-state index in [0.717, 1.165) is 0 Å². The number of rotatable bonds is 3. The van der Waals surface area contributed by atoms with Gasteiger partial charge in [0.2, 0.25) is 17.6 Å². The van der Waals surface area contributed by atoms with Crippen molar-refractivity contribution in [1.82, 2.24) is 15.0 Å². The van der Waals surface area contributed by atoms with Gasteiger partial charge in [0.25, 0.3) is 0 Å². The van der Waals surface area contributed by atoms with Crippen molar-refractivity contribution in [2.45, 2.75) is 19.8 Å². The summed E-state index contributed by atoms with van der Waals surface area (Å²) < 4.78 is 10.4. The fourth-order valence-electron chi connectivity index (χ4n) is 2.09. The van der Waals surface area contributed by atoms with E-state index in [1.807, 2.05) is 18.7 Å². The summed E-state index contributed by atoms with van der Waals surface area (Å²) in [6.07, 6.45) is 1.57. The summed E-state index contributed by atoms with van der Waals surface area (Å²) in [4.78, 5) is 17.9. The molecule has 0 atom stereocenters. The summed E-state index contributed by atoms with van der Waals surface area (Å²) in [6, 6.07) is 3.56. The molecule has 100 valence electrons. The minimum absolute atomic E-state index is 0.0299. The zero-order valence-corrected chi connectivity index (χ0v) is 10.9. The molecule has 0 aromatic carbocycles. The number of nitrogens with zero attached hydrogens (tertiary/aromatic N) is 3. The van der Waals surface area contributed by atoms with Crippen LogP contribution < -0.4 is 0 Å². The molecule has 3 heterocycles. The van der Waals surface area contributed by atoms with E-state index in [-0.39, 0.29) is 17.7 Å². The van der Waals surface area contributed by atoms with Crippen molar-refractivity contribution in [2.75, 3.05) is 13.1 Å². The topological polar surface area (TPSA) is 72.4 Å². The predicted molar refractivity (Wildman–Crippen MR) is 66.2 cm³/mol. The second kappa shape index (κ2) is 4.53. The summed E-state index contributed by atoms with van der Waals surface area (Å²) in [7, 11) is 0. The first-order valence-corrected chi connectivity index (χ1v) is 6.31. The Balaban J connectivity index is 1.65. The van der Waals surface area contributed by atoms with Crippen molar-refractivity contribution < 1.29 is 13.7 Å². The maximum atomic E-state index is 11.7. The molecule has 1 aliphatic heterocycles. The van der Waals surface area contributed by atoms with Gasteiger partial charge in [0.05, 0.1) is 12.2 Å². The Labute approximate surface area is 110 Å². The lowest BCUT2D eigenvalue weighted by Crippen LogP contribution is -2.50. The van der Waals surface area contributed by atoms with Crippen LogP contribution in [0.15, 0.2) is 27.3 Å². The molecule has 0 spiro atoms. The van der Waals surface area contributed by atoms with E-state index in [2.05, 4.69) is 10.1 Å². The highest BCUT2D eigenvalue weighted by molar-refractivity contribution is 5.79. The fourth-order valence-corrected chi connectivity index (χ4v) is 2.09. The molecule has 0 aliphatic carbocycles. The molecular formula is C13H15N3O3. The molecule has 1 aliphatic rings. The Morgan fingerprint density at radius 3 is 2.89 bits per heavy atom. The highest BCUT2D eigenvalue weighted by Gasteiger charge is 2.36. The van der Waals surface area contributed by atoms with Crippen LogP contribution in [0.1, 0.15) is 25.7 Å². The standard InChI is InChI=1S/C13H15N3O3/c1-8(2)13(17)16-6-9(7-16)12-14-11(15-19-12)10-4-3-5-18-10/h3-5,8-9H,6-7H2,1-2H3. The van der Waals surface area contributed by atoms with Crippen LogP contribution in [0.3, 0.4) is 0 Å². The van der Waals surface area contributed by atoms with Gasteiger partial charge in [-0.05, 0) is 12.1 Å². The first-order valence-electron chi connectivity index (χ1n) is 6.31. The van der Waals surface area contributed by atoms with Gasteiger partial charge in [-0.25, -0.2) is 0 Å². The molecule has 0 unspecified atom stereocenters. The number of amides is 1. The Bertz CT molecular complexity index is 568. The number of carbonyl (C=O) groups excluding carboxylic acids is 1. The van der Waals surface area contributed by atoms with E-state index in [4.69, 9.17) is 8.94 Å². The van der Waals surface area contributed by atoms with E-state index in [9.17, 15) is 4.79 Å². The Morgan fingerprint density at radius 2 is 2.26 bits per heavy atom. The van der Waals surface area contributed by atoms with Crippen LogP contribution in [-0.2, 0) is 4.79 Å². The van der Waals surface area contributed by atoms with Gasteiger partial charge in [-0.3, -0.25) is 4.79 Å². The minimum atomic E-state index is 0.0299. The zero-order valence-electron chi connectivity index (χ0n) is 10.9. The second-order valence-electron chi connectivity index (χ2n) is 5.03. The summed E-state index contributed by atoms with van der Waals surface area (Å²) >= 11 is 0. The molecule has 1 saturated heterocycles. The molecular weight excluding hydrogens is 246 g/mol. The third kappa shape index (κ3) is 2.14. The average molecular weight is 261 g/mol. The average Bonchev–Trinajstić information content (AvgIpc) is 2.96. The Morgan fingerprint density at radius 1 is 1.47 bits per heavy atom. The van der Waals surface area contributed by atoms with E-state index in [1.54, 1.807) is 18.4 Å². The largest absolute Gasteiger partial charge is 0.461 e. The SMILES string of the molecule is CC(C)C(=O)N1CC(c2nc(-c3ccco3)no2)C1. The van der Waals surface area contributed by atoms with Crippen LogP contribution in [0.2, 0.25) is 0 Å². The molecule has 0 bridgehead atoms. The van der Waals surface area contributed by atoms with Crippen molar-refractivity contribution >= 4 is 5.91 Å². The summed E-state index contributed by atoms with van der Waals surface area (Å²) in [6.45, 7) is 5.10. The van der Waals surface area contributed by atoms with Gasteiger partial charge in [-0.15, -0.1) is 0 Å². The van der Waals surface area contributed by atoms with Crippen LogP contribution in [0.5, 0.6) is 0 Å². The van der Waals surface area contributed by atoms with Gasteiger partial charge in [0, 0.05) is 19.0 Å². The number of carbonyl (C=O) groups is 1. The van der Waals surface area contributed by atoms with Crippen LogP contribution >= 0.6 is 0 Å². The van der Waals surface area contributed by atoms with E-state index in [0.29, 0.717) is 30.6 Å². The Kier molecular flexibility index (Phi) is 2.85. The second-order valence-corrected chi connectivity index (χ2v) is 5.03. The molecule has 1 amide bonds. The van der Waals surface area contributed by atoms with Gasteiger partial charge in [-0.1, -0.05) is 19.0 Å². The predicted octanol–water partition coefficient (Wildman–Crippen LogP) is 1.91. The van der Waals surface area contributed by atoms with Crippen molar-refractivity contribution in [1.29, 1.82) is 0 Å². The van der Waals surface area contributed by atoms with E-state index in [1.165, 1.54) is 0 Å². The van der Waals surface area contributed by atoms with Crippen LogP contribution in [0.25, 0.3) is 11.6 Å². The van der Waals surface area contributed by atoms with Gasteiger partial charge in [0.15, 0.2) is 5.76 Å². The summed E-state index contributed by atoms with van der Waals surface area (Å²) in [5, 5.41) is 3.88. The van der Waals surface area contributed by atoms with Crippen molar-refractivity contribution in [3.05, 3.63) is 24.3 Å². The van der Waals surface area contributed by atoms with E-state index < -0.39 is 0 Å². The number of hydrogen-bond donors (Lipinski definition) is 0. The quantitative estimate of drug-likeness (QED) is 0.843. The Hall–Kier alpha value is -2.11. The van der Waals surface area contributed by atoms with Gasteiger partial charge < -0.3 is 13.8 Å². The highest BCUT2D eigenvalue weighted by atomic mass is 16.5.